The number of carbonyl (C=O) groups excluding carboxylic acids is 1. The lowest BCUT2D eigenvalue weighted by Gasteiger charge is -2.23. The predicted octanol–water partition coefficient (Wildman–Crippen LogP) is 0.804. The molecule has 0 unspecified atom stereocenters. The SMILES string of the molecule is O=C(OC1CCNCC1)C(F)(F)S. The Balaban J connectivity index is 2.35. The summed E-state index contributed by atoms with van der Waals surface area (Å²) in [6, 6.07) is 0. The molecule has 1 saturated heterocycles. The van der Waals surface area contributed by atoms with Crippen molar-refractivity contribution in [1.29, 1.82) is 0 Å². The number of carbonyl (C=O) groups is 1. The summed E-state index contributed by atoms with van der Waals surface area (Å²) in [6.45, 7) is 1.38. The van der Waals surface area contributed by atoms with Crippen molar-refractivity contribution in [2.24, 2.45) is 0 Å². The molecule has 1 heterocycles. The van der Waals surface area contributed by atoms with E-state index < -0.39 is 17.3 Å². The molecule has 1 aliphatic rings. The van der Waals surface area contributed by atoms with Gasteiger partial charge in [-0.15, -0.1) is 0 Å². The van der Waals surface area contributed by atoms with Crippen LogP contribution in [0.3, 0.4) is 0 Å². The van der Waals surface area contributed by atoms with Crippen LogP contribution in [0, 0.1) is 0 Å². The van der Waals surface area contributed by atoms with Gasteiger partial charge in [0.2, 0.25) is 0 Å². The first kappa shape index (κ1) is 10.7. The molecule has 1 rings (SSSR count). The van der Waals surface area contributed by atoms with Crippen molar-refractivity contribution in [1.82, 2.24) is 5.32 Å². The largest absolute Gasteiger partial charge is 0.457 e. The molecule has 1 N–H and O–H groups in total. The molecule has 6 heteroatoms. The molecule has 13 heavy (non-hydrogen) atoms. The van der Waals surface area contributed by atoms with Gasteiger partial charge < -0.3 is 10.1 Å². The molecule has 76 valence electrons. The van der Waals surface area contributed by atoms with Crippen molar-refractivity contribution >= 4 is 18.6 Å². The van der Waals surface area contributed by atoms with Gasteiger partial charge in [-0.1, -0.05) is 12.6 Å². The smallest absolute Gasteiger partial charge is 0.388 e. The minimum Gasteiger partial charge on any atom is -0.457 e. The number of hydrogen-bond donors (Lipinski definition) is 2. The Hall–Kier alpha value is -0.360. The fourth-order valence-electron chi connectivity index (χ4n) is 1.14. The van der Waals surface area contributed by atoms with E-state index in [-0.39, 0.29) is 0 Å². The predicted molar refractivity (Wildman–Crippen MR) is 45.9 cm³/mol. The zero-order valence-corrected chi connectivity index (χ0v) is 7.82. The average Bonchev–Trinajstić information content (AvgIpc) is 2.04. The molecule has 0 saturated carbocycles. The third-order valence-corrected chi connectivity index (χ3v) is 1.99. The summed E-state index contributed by atoms with van der Waals surface area (Å²) in [4.78, 5) is 10.7. The average molecular weight is 211 g/mol. The molecular formula is C7H11F2NO2S. The molecule has 0 aromatic heterocycles. The van der Waals surface area contributed by atoms with Gasteiger partial charge in [-0.3, -0.25) is 0 Å². The maximum absolute atomic E-state index is 12.2. The summed E-state index contributed by atoms with van der Waals surface area (Å²) in [6.07, 6.45) is 0.761. The Bertz CT molecular complexity index is 189. The van der Waals surface area contributed by atoms with Gasteiger partial charge in [-0.25, -0.2) is 4.79 Å². The van der Waals surface area contributed by atoms with Crippen LogP contribution in [0.25, 0.3) is 0 Å². The van der Waals surface area contributed by atoms with Gasteiger partial charge in [-0.2, -0.15) is 8.78 Å². The number of nitrogens with one attached hydrogen (secondary N) is 1. The minimum absolute atomic E-state index is 0.397. The highest BCUT2D eigenvalue weighted by Crippen LogP contribution is 2.22. The van der Waals surface area contributed by atoms with Crippen molar-refractivity contribution in [3.05, 3.63) is 0 Å². The van der Waals surface area contributed by atoms with Crippen LogP contribution < -0.4 is 5.32 Å². The van der Waals surface area contributed by atoms with Gasteiger partial charge in [0.1, 0.15) is 6.10 Å². The lowest BCUT2D eigenvalue weighted by atomic mass is 10.1. The maximum atomic E-state index is 12.2. The topological polar surface area (TPSA) is 38.3 Å². The summed E-state index contributed by atoms with van der Waals surface area (Å²) in [5.41, 5.74) is 0. The quantitative estimate of drug-likeness (QED) is 0.524. The summed E-state index contributed by atoms with van der Waals surface area (Å²) in [7, 11) is 0. The fourth-order valence-corrected chi connectivity index (χ4v) is 1.19. The van der Waals surface area contributed by atoms with E-state index in [0.29, 0.717) is 25.9 Å². The summed E-state index contributed by atoms with van der Waals surface area (Å²) in [5, 5.41) is -0.647. The molecule has 0 amide bonds. The zero-order chi connectivity index (χ0) is 9.90. The molecule has 0 aliphatic carbocycles. The first-order chi connectivity index (χ1) is 6.00. The van der Waals surface area contributed by atoms with E-state index in [2.05, 4.69) is 22.7 Å². The third-order valence-electron chi connectivity index (χ3n) is 1.81. The summed E-state index contributed by atoms with van der Waals surface area (Å²) in [5.74, 6) is -1.55. The van der Waals surface area contributed by atoms with Crippen LogP contribution in [0.5, 0.6) is 0 Å². The molecule has 3 nitrogen and oxygen atoms in total. The molecule has 1 aliphatic heterocycles. The van der Waals surface area contributed by atoms with E-state index in [9.17, 15) is 13.6 Å². The van der Waals surface area contributed by atoms with Crippen LogP contribution in [-0.4, -0.2) is 30.4 Å². The van der Waals surface area contributed by atoms with Gasteiger partial charge in [0, 0.05) is 0 Å². The standard InChI is InChI=1S/C7H11F2NO2S/c8-7(9,13)6(11)12-5-1-3-10-4-2-5/h5,10,13H,1-4H2. The first-order valence-corrected chi connectivity index (χ1v) is 4.47. The van der Waals surface area contributed by atoms with E-state index in [1.807, 2.05) is 0 Å². The first-order valence-electron chi connectivity index (χ1n) is 4.02. The minimum atomic E-state index is -3.68. The van der Waals surface area contributed by atoms with Gasteiger partial charge in [0.15, 0.2) is 0 Å². The molecule has 0 aromatic carbocycles. The van der Waals surface area contributed by atoms with Crippen LogP contribution in [0.4, 0.5) is 8.78 Å². The second-order valence-corrected chi connectivity index (χ2v) is 3.46. The monoisotopic (exact) mass is 211 g/mol. The summed E-state index contributed by atoms with van der Waals surface area (Å²) < 4.78 is 29.0. The van der Waals surface area contributed by atoms with Gasteiger partial charge >= 0.3 is 11.2 Å². The number of rotatable bonds is 2. The molecule has 0 bridgehead atoms. The molecule has 0 radical (unpaired) electrons. The third kappa shape index (κ3) is 3.48. The highest BCUT2D eigenvalue weighted by molar-refractivity contribution is 7.82. The van der Waals surface area contributed by atoms with Crippen molar-refractivity contribution in [3.8, 4) is 0 Å². The van der Waals surface area contributed by atoms with Gasteiger partial charge in [0.25, 0.3) is 0 Å². The van der Waals surface area contributed by atoms with Crippen molar-refractivity contribution in [2.75, 3.05) is 13.1 Å². The van der Waals surface area contributed by atoms with Crippen LogP contribution >= 0.6 is 12.6 Å². The summed E-state index contributed by atoms with van der Waals surface area (Å²) >= 11 is 2.83. The molecule has 1 fully saturated rings. The number of thiol groups is 1. The number of halogens is 2. The van der Waals surface area contributed by atoms with Crippen LogP contribution in [-0.2, 0) is 9.53 Å². The van der Waals surface area contributed by atoms with Gasteiger partial charge in [-0.05, 0) is 25.9 Å². The van der Waals surface area contributed by atoms with E-state index in [4.69, 9.17) is 0 Å². The highest BCUT2D eigenvalue weighted by atomic mass is 32.1. The van der Waals surface area contributed by atoms with Crippen LogP contribution in [0.15, 0.2) is 0 Å². The second-order valence-electron chi connectivity index (χ2n) is 2.90. The number of esters is 1. The van der Waals surface area contributed by atoms with Gasteiger partial charge in [0.05, 0.1) is 0 Å². The maximum Gasteiger partial charge on any atom is 0.388 e. The van der Waals surface area contributed by atoms with Crippen molar-refractivity contribution in [3.63, 3.8) is 0 Å². The number of alkyl halides is 2. The van der Waals surface area contributed by atoms with E-state index in [1.165, 1.54) is 0 Å². The lowest BCUT2D eigenvalue weighted by Crippen LogP contribution is -2.36. The molecular weight excluding hydrogens is 200 g/mol. The normalized spacial score (nSPS) is 19.9. The number of hydrogen-bond acceptors (Lipinski definition) is 4. The van der Waals surface area contributed by atoms with Crippen LogP contribution in [0.1, 0.15) is 12.8 Å². The van der Waals surface area contributed by atoms with E-state index in [0.717, 1.165) is 0 Å². The Morgan fingerprint density at radius 3 is 2.46 bits per heavy atom. The van der Waals surface area contributed by atoms with Crippen molar-refractivity contribution in [2.45, 2.75) is 24.2 Å². The number of ether oxygens (including phenoxy) is 1. The zero-order valence-electron chi connectivity index (χ0n) is 6.93. The Labute approximate surface area is 80.2 Å². The second kappa shape index (κ2) is 4.23. The number of piperidine rings is 1. The molecule has 0 atom stereocenters. The van der Waals surface area contributed by atoms with Crippen LogP contribution in [0.2, 0.25) is 0 Å². The Morgan fingerprint density at radius 1 is 1.46 bits per heavy atom. The highest BCUT2D eigenvalue weighted by Gasteiger charge is 2.37. The Kier molecular flexibility index (Phi) is 3.49. The van der Waals surface area contributed by atoms with Crippen molar-refractivity contribution < 1.29 is 18.3 Å². The van der Waals surface area contributed by atoms with E-state index >= 15 is 0 Å². The molecule has 0 aromatic rings. The van der Waals surface area contributed by atoms with E-state index in [1.54, 1.807) is 0 Å². The fraction of sp³-hybridized carbons (Fsp3) is 0.857. The molecule has 0 spiro atoms. The Morgan fingerprint density at radius 2 is 2.00 bits per heavy atom. The lowest BCUT2D eigenvalue weighted by molar-refractivity contribution is -0.166.